The van der Waals surface area contributed by atoms with E-state index in [1.165, 1.54) is 7.11 Å². The van der Waals surface area contributed by atoms with Crippen LogP contribution in [0.25, 0.3) is 0 Å². The van der Waals surface area contributed by atoms with E-state index in [9.17, 15) is 14.4 Å². The average Bonchev–Trinajstić information content (AvgIpc) is 2.68. The fraction of sp³-hybridized carbons (Fsp3) is 0.538. The van der Waals surface area contributed by atoms with Gasteiger partial charge >= 0.3 is 5.97 Å². The van der Waals surface area contributed by atoms with E-state index in [-0.39, 0.29) is 28.1 Å². The molecule has 1 aromatic carbocycles. The molecule has 0 amide bonds. The molecule has 1 aromatic rings. The zero-order valence-electron chi connectivity index (χ0n) is 20.2. The molecule has 0 saturated heterocycles. The third-order valence-corrected chi connectivity index (χ3v) is 7.49. The molecule has 1 aliphatic heterocycles. The molecule has 7 nitrogen and oxygen atoms in total. The summed E-state index contributed by atoms with van der Waals surface area (Å²) >= 11 is 3.60. The Kier molecular flexibility index (Phi) is 6.25. The Labute approximate surface area is 207 Å². The summed E-state index contributed by atoms with van der Waals surface area (Å²) in [6.45, 7) is 7.78. The summed E-state index contributed by atoms with van der Waals surface area (Å²) in [5.74, 6) is -1.37. The minimum absolute atomic E-state index is 0.0220. The van der Waals surface area contributed by atoms with Gasteiger partial charge in [0.1, 0.15) is 5.78 Å². The summed E-state index contributed by atoms with van der Waals surface area (Å²) in [5, 5.41) is 9.00. The van der Waals surface area contributed by atoms with Crippen LogP contribution in [0.15, 0.2) is 32.9 Å². The lowest BCUT2D eigenvalue weighted by molar-refractivity contribution is -0.139. The molecule has 8 heteroatoms. The van der Waals surface area contributed by atoms with Crippen LogP contribution in [0, 0.1) is 16.7 Å². The number of aliphatic imine (C=N–C) groups is 1. The van der Waals surface area contributed by atoms with E-state index >= 15 is 0 Å². The summed E-state index contributed by atoms with van der Waals surface area (Å²) in [6.07, 6.45) is 2.18. The second kappa shape index (κ2) is 8.63. The maximum absolute atomic E-state index is 13.5. The second-order valence-electron chi connectivity index (χ2n) is 11.1. The van der Waals surface area contributed by atoms with E-state index < -0.39 is 24.4 Å². The van der Waals surface area contributed by atoms with Gasteiger partial charge in [0.25, 0.3) is 0 Å². The molecule has 3 aliphatic rings. The van der Waals surface area contributed by atoms with Crippen molar-refractivity contribution < 1.29 is 29.0 Å². The summed E-state index contributed by atoms with van der Waals surface area (Å²) in [6, 6.07) is 3.40. The van der Waals surface area contributed by atoms with Crippen LogP contribution in [0.2, 0.25) is 0 Å². The maximum atomic E-state index is 13.5. The molecule has 0 bridgehead atoms. The van der Waals surface area contributed by atoms with Crippen LogP contribution in [0.5, 0.6) is 11.5 Å². The van der Waals surface area contributed by atoms with E-state index in [4.69, 9.17) is 19.6 Å². The Morgan fingerprint density at radius 1 is 1.06 bits per heavy atom. The number of hydrogen-bond donors (Lipinski definition) is 1. The molecule has 0 aromatic heterocycles. The first-order chi connectivity index (χ1) is 15.8. The molecule has 0 spiro atoms. The highest BCUT2D eigenvalue weighted by Gasteiger charge is 2.50. The van der Waals surface area contributed by atoms with Crippen LogP contribution in [-0.2, 0) is 14.4 Å². The van der Waals surface area contributed by atoms with Crippen molar-refractivity contribution in [3.05, 3.63) is 33.4 Å². The van der Waals surface area contributed by atoms with Crippen molar-refractivity contribution in [1.29, 1.82) is 0 Å². The van der Waals surface area contributed by atoms with Crippen molar-refractivity contribution in [2.24, 2.45) is 21.7 Å². The van der Waals surface area contributed by atoms with Gasteiger partial charge in [-0.3, -0.25) is 14.6 Å². The van der Waals surface area contributed by atoms with Gasteiger partial charge in [0.05, 0.1) is 13.0 Å². The van der Waals surface area contributed by atoms with Gasteiger partial charge in [-0.15, -0.1) is 0 Å². The predicted molar refractivity (Wildman–Crippen MR) is 131 cm³/mol. The Balaban J connectivity index is 1.89. The quantitative estimate of drug-likeness (QED) is 0.566. The van der Waals surface area contributed by atoms with Crippen molar-refractivity contribution in [1.82, 2.24) is 0 Å². The number of halogens is 1. The highest BCUT2D eigenvalue weighted by atomic mass is 79.9. The van der Waals surface area contributed by atoms with E-state index in [0.29, 0.717) is 41.5 Å². The molecule has 1 saturated carbocycles. The van der Waals surface area contributed by atoms with Crippen molar-refractivity contribution in [3.63, 3.8) is 0 Å². The predicted octanol–water partition coefficient (Wildman–Crippen LogP) is 5.11. The molecule has 0 radical (unpaired) electrons. The number of aliphatic carboxylic acids is 1. The lowest BCUT2D eigenvalue weighted by Gasteiger charge is -2.44. The summed E-state index contributed by atoms with van der Waals surface area (Å²) < 4.78 is 11.5. The standard InChI is InChI=1S/C26H30BrNO6/c1-25(2)8-15-23(17(29)10-25)22(24-16(28-15)9-26(3,4)11-18(24)30)13-6-19(33-5)20(7-14(13)27)34-12-21(31)32/h6-7,22-23H,8-12H2,1-5H3,(H,31,32). The van der Waals surface area contributed by atoms with Gasteiger partial charge in [-0.05, 0) is 41.4 Å². The number of benzene rings is 1. The molecular formula is C26H30BrNO6. The topological polar surface area (TPSA) is 102 Å². The van der Waals surface area contributed by atoms with Crippen LogP contribution >= 0.6 is 15.9 Å². The number of fused-ring (bicyclic) bond motifs is 1. The fourth-order valence-corrected chi connectivity index (χ4v) is 6.12. The molecule has 1 heterocycles. The number of carbonyl (C=O) groups is 3. The third kappa shape index (κ3) is 4.57. The lowest BCUT2D eigenvalue weighted by Crippen LogP contribution is -2.45. The monoisotopic (exact) mass is 531 g/mol. The van der Waals surface area contributed by atoms with Gasteiger partial charge < -0.3 is 14.6 Å². The second-order valence-corrected chi connectivity index (χ2v) is 11.9. The van der Waals surface area contributed by atoms with Crippen LogP contribution in [0.1, 0.15) is 64.9 Å². The molecule has 2 aliphatic carbocycles. The zero-order chi connectivity index (χ0) is 25.0. The fourth-order valence-electron chi connectivity index (χ4n) is 5.55. The number of Topliss-reactive ketones (excluding diaryl/α,β-unsaturated/α-hetero) is 2. The summed E-state index contributed by atoms with van der Waals surface area (Å²) in [7, 11) is 1.47. The van der Waals surface area contributed by atoms with Crippen molar-refractivity contribution >= 4 is 39.2 Å². The largest absolute Gasteiger partial charge is 0.493 e. The first-order valence-electron chi connectivity index (χ1n) is 11.4. The Morgan fingerprint density at radius 2 is 1.74 bits per heavy atom. The number of hydrogen-bond acceptors (Lipinski definition) is 6. The summed E-state index contributed by atoms with van der Waals surface area (Å²) in [5.41, 5.74) is 2.59. The number of carbonyl (C=O) groups excluding carboxylic acids is 2. The highest BCUT2D eigenvalue weighted by Crippen LogP contribution is 2.53. The minimum atomic E-state index is -1.10. The van der Waals surface area contributed by atoms with Crippen molar-refractivity contribution in [2.75, 3.05) is 13.7 Å². The van der Waals surface area contributed by atoms with Gasteiger partial charge in [0, 0.05) is 40.2 Å². The Bertz CT molecular complexity index is 1150. The molecular weight excluding hydrogens is 502 g/mol. The number of allylic oxidation sites excluding steroid dienone is 2. The van der Waals surface area contributed by atoms with Gasteiger partial charge in [0.15, 0.2) is 23.9 Å². The molecule has 1 N–H and O–H groups in total. The molecule has 2 atom stereocenters. The van der Waals surface area contributed by atoms with E-state index in [1.807, 2.05) is 0 Å². The van der Waals surface area contributed by atoms with Crippen LogP contribution < -0.4 is 9.47 Å². The van der Waals surface area contributed by atoms with Gasteiger partial charge in [-0.25, -0.2) is 4.79 Å². The van der Waals surface area contributed by atoms with Crippen molar-refractivity contribution in [3.8, 4) is 11.5 Å². The average molecular weight is 532 g/mol. The van der Waals surface area contributed by atoms with Crippen LogP contribution in [-0.4, -0.2) is 42.1 Å². The number of ketones is 2. The van der Waals surface area contributed by atoms with E-state index in [2.05, 4.69) is 43.6 Å². The van der Waals surface area contributed by atoms with Gasteiger partial charge in [0.2, 0.25) is 0 Å². The molecule has 34 heavy (non-hydrogen) atoms. The SMILES string of the molecule is COc1cc(C2C3=C(CC(C)(C)CC3=O)N=C3CC(C)(C)CC(=O)C32)c(Br)cc1OCC(=O)O. The Morgan fingerprint density at radius 3 is 2.38 bits per heavy atom. The third-order valence-electron chi connectivity index (χ3n) is 6.81. The number of methoxy groups -OCH3 is 1. The van der Waals surface area contributed by atoms with Gasteiger partial charge in [-0.1, -0.05) is 43.6 Å². The summed E-state index contributed by atoms with van der Waals surface area (Å²) in [4.78, 5) is 42.9. The van der Waals surface area contributed by atoms with E-state index in [0.717, 1.165) is 17.0 Å². The smallest absolute Gasteiger partial charge is 0.341 e. The normalized spacial score (nSPS) is 25.3. The molecule has 4 rings (SSSR count). The minimum Gasteiger partial charge on any atom is -0.493 e. The number of rotatable bonds is 5. The molecule has 1 fully saturated rings. The van der Waals surface area contributed by atoms with Crippen molar-refractivity contribution in [2.45, 2.75) is 59.3 Å². The maximum Gasteiger partial charge on any atom is 0.341 e. The number of carboxylic acids is 1. The first kappa shape index (κ1) is 24.6. The zero-order valence-corrected chi connectivity index (χ0v) is 21.7. The van der Waals surface area contributed by atoms with Crippen LogP contribution in [0.4, 0.5) is 0 Å². The Hall–Kier alpha value is -2.48. The van der Waals surface area contributed by atoms with Gasteiger partial charge in [-0.2, -0.15) is 0 Å². The molecule has 2 unspecified atom stereocenters. The van der Waals surface area contributed by atoms with E-state index in [1.54, 1.807) is 12.1 Å². The number of nitrogens with zero attached hydrogens (tertiary/aromatic N) is 1. The highest BCUT2D eigenvalue weighted by molar-refractivity contribution is 9.10. The lowest BCUT2D eigenvalue weighted by atomic mass is 9.60. The first-order valence-corrected chi connectivity index (χ1v) is 12.2. The molecule has 182 valence electrons. The van der Waals surface area contributed by atoms with Crippen LogP contribution in [0.3, 0.4) is 0 Å². The number of carboxylic acid groups (broad SMARTS) is 1. The number of ether oxygens (including phenoxy) is 2.